The molecule has 0 spiro atoms. The molecule has 0 bridgehead atoms. The van der Waals surface area contributed by atoms with E-state index in [1.165, 1.54) is 0 Å². The number of nitrogens with zero attached hydrogens (tertiary/aromatic N) is 7. The van der Waals surface area contributed by atoms with Crippen molar-refractivity contribution in [2.24, 2.45) is 10.3 Å². The molecular formula is C18H19N7O2. The van der Waals surface area contributed by atoms with E-state index in [9.17, 15) is 0 Å². The van der Waals surface area contributed by atoms with E-state index in [-0.39, 0.29) is 12.1 Å². The monoisotopic (exact) mass is 365 g/mol. The first kappa shape index (κ1) is 16.0. The molecule has 2 unspecified atom stereocenters. The lowest BCUT2D eigenvalue weighted by Crippen LogP contribution is -2.25. The molecule has 0 aliphatic carbocycles. The Bertz CT molecular complexity index is 1040. The normalized spacial score (nSPS) is 20.2. The van der Waals surface area contributed by atoms with Gasteiger partial charge in [0, 0.05) is 5.56 Å². The van der Waals surface area contributed by atoms with Gasteiger partial charge in [-0.05, 0) is 31.5 Å². The minimum absolute atomic E-state index is 0.0530. The maximum Gasteiger partial charge on any atom is 0.278 e. The number of fused-ring (bicyclic) bond motifs is 5. The van der Waals surface area contributed by atoms with Gasteiger partial charge in [-0.3, -0.25) is 5.01 Å². The smallest absolute Gasteiger partial charge is 0.278 e. The molecule has 9 nitrogen and oxygen atoms in total. The minimum atomic E-state index is 0.0530. The molecule has 138 valence electrons. The largest absolute Gasteiger partial charge is 0.497 e. The Kier molecular flexibility index (Phi) is 3.49. The Balaban J connectivity index is 1.72. The first-order chi connectivity index (χ1) is 13.2. The summed E-state index contributed by atoms with van der Waals surface area (Å²) < 4.78 is 12.9. The summed E-state index contributed by atoms with van der Waals surface area (Å²) in [5.74, 6) is 1.81. The van der Waals surface area contributed by atoms with Gasteiger partial charge < -0.3 is 13.8 Å². The molecule has 27 heavy (non-hydrogen) atoms. The highest BCUT2D eigenvalue weighted by molar-refractivity contribution is 5.57. The van der Waals surface area contributed by atoms with Gasteiger partial charge in [-0.2, -0.15) is 10.1 Å². The van der Waals surface area contributed by atoms with Crippen molar-refractivity contribution < 1.29 is 9.26 Å². The lowest BCUT2D eigenvalue weighted by Gasteiger charge is -2.24. The Morgan fingerprint density at radius 1 is 1.33 bits per heavy atom. The van der Waals surface area contributed by atoms with Crippen LogP contribution in [0.5, 0.6) is 5.75 Å². The van der Waals surface area contributed by atoms with E-state index in [0.717, 1.165) is 29.1 Å². The van der Waals surface area contributed by atoms with Crippen molar-refractivity contribution in [3.63, 3.8) is 0 Å². The van der Waals surface area contributed by atoms with Crippen LogP contribution in [0.3, 0.4) is 0 Å². The summed E-state index contributed by atoms with van der Waals surface area (Å²) >= 11 is 0. The quantitative estimate of drug-likeness (QED) is 0.707. The summed E-state index contributed by atoms with van der Waals surface area (Å²) in [4.78, 5) is 8.90. The lowest BCUT2D eigenvalue weighted by atomic mass is 9.96. The third-order valence-electron chi connectivity index (χ3n) is 5.14. The highest BCUT2D eigenvalue weighted by Crippen LogP contribution is 2.43. The molecule has 5 rings (SSSR count). The molecule has 1 aromatic carbocycles. The fraction of sp³-hybridized carbons (Fsp3) is 0.389. The van der Waals surface area contributed by atoms with E-state index >= 15 is 0 Å². The van der Waals surface area contributed by atoms with Gasteiger partial charge in [-0.25, -0.2) is 4.98 Å². The van der Waals surface area contributed by atoms with Gasteiger partial charge in [-0.1, -0.05) is 17.3 Å². The zero-order chi connectivity index (χ0) is 18.5. The van der Waals surface area contributed by atoms with Crippen molar-refractivity contribution in [3.05, 3.63) is 41.6 Å². The number of benzene rings is 1. The van der Waals surface area contributed by atoms with Crippen molar-refractivity contribution in [2.75, 3.05) is 7.11 Å². The SMILES string of the molecule is CCC1N=NN2Cc3c(-c4nc(C)no4)ncn3-c3ccc(OC)cc3C12. The summed E-state index contributed by atoms with van der Waals surface area (Å²) in [6, 6.07) is 6.23. The second kappa shape index (κ2) is 5.90. The van der Waals surface area contributed by atoms with Gasteiger partial charge in [0.05, 0.1) is 31.1 Å². The first-order valence-electron chi connectivity index (χ1n) is 8.92. The number of rotatable bonds is 3. The number of hydrogen-bond donors (Lipinski definition) is 0. The molecule has 4 heterocycles. The van der Waals surface area contributed by atoms with E-state index in [1.54, 1.807) is 20.4 Å². The molecule has 0 saturated carbocycles. The van der Waals surface area contributed by atoms with Crippen molar-refractivity contribution in [2.45, 2.75) is 38.9 Å². The molecule has 2 aliphatic heterocycles. The number of aryl methyl sites for hydroxylation is 1. The maximum atomic E-state index is 5.47. The maximum absolute atomic E-state index is 5.47. The van der Waals surface area contributed by atoms with Crippen LogP contribution >= 0.6 is 0 Å². The number of imidazole rings is 1. The van der Waals surface area contributed by atoms with E-state index < -0.39 is 0 Å². The molecule has 2 aliphatic rings. The van der Waals surface area contributed by atoms with Crippen LogP contribution < -0.4 is 4.74 Å². The molecule has 0 fully saturated rings. The third kappa shape index (κ3) is 2.34. The van der Waals surface area contributed by atoms with Crippen LogP contribution in [0.2, 0.25) is 0 Å². The van der Waals surface area contributed by atoms with Crippen molar-refractivity contribution in [3.8, 4) is 23.0 Å². The topological polar surface area (TPSA) is 93.9 Å². The van der Waals surface area contributed by atoms with Gasteiger partial charge >= 0.3 is 0 Å². The number of aromatic nitrogens is 4. The molecule has 0 amide bonds. The second-order valence-corrected chi connectivity index (χ2v) is 6.70. The zero-order valence-electron chi connectivity index (χ0n) is 15.3. The summed E-state index contributed by atoms with van der Waals surface area (Å²) in [5.41, 5.74) is 3.78. The molecule has 2 atom stereocenters. The molecule has 2 aromatic heterocycles. The first-order valence-corrected chi connectivity index (χ1v) is 8.92. The number of hydrogen-bond acceptors (Lipinski definition) is 8. The Morgan fingerprint density at radius 2 is 2.22 bits per heavy atom. The van der Waals surface area contributed by atoms with E-state index in [0.29, 0.717) is 24.0 Å². The molecule has 0 radical (unpaired) electrons. The van der Waals surface area contributed by atoms with Crippen LogP contribution in [0.1, 0.15) is 36.5 Å². The summed E-state index contributed by atoms with van der Waals surface area (Å²) in [5, 5.41) is 14.9. The Morgan fingerprint density at radius 3 is 2.96 bits per heavy atom. The van der Waals surface area contributed by atoms with Crippen molar-refractivity contribution >= 4 is 0 Å². The van der Waals surface area contributed by atoms with E-state index in [1.807, 2.05) is 11.1 Å². The van der Waals surface area contributed by atoms with Crippen LogP contribution in [0.15, 0.2) is 39.4 Å². The van der Waals surface area contributed by atoms with Crippen LogP contribution in [0, 0.1) is 6.92 Å². The molecular weight excluding hydrogens is 346 g/mol. The minimum Gasteiger partial charge on any atom is -0.497 e. The predicted octanol–water partition coefficient (Wildman–Crippen LogP) is 3.26. The summed E-state index contributed by atoms with van der Waals surface area (Å²) in [6.07, 6.45) is 2.71. The second-order valence-electron chi connectivity index (χ2n) is 6.70. The summed E-state index contributed by atoms with van der Waals surface area (Å²) in [6.45, 7) is 4.48. The highest BCUT2D eigenvalue weighted by atomic mass is 16.5. The number of ether oxygens (including phenoxy) is 1. The van der Waals surface area contributed by atoms with Crippen LogP contribution in [-0.2, 0) is 6.54 Å². The van der Waals surface area contributed by atoms with E-state index in [4.69, 9.17) is 9.26 Å². The van der Waals surface area contributed by atoms with Crippen molar-refractivity contribution in [1.29, 1.82) is 0 Å². The molecule has 0 saturated heterocycles. The average Bonchev–Trinajstić information content (AvgIpc) is 3.38. The average molecular weight is 365 g/mol. The molecule has 3 aromatic rings. The van der Waals surface area contributed by atoms with Gasteiger partial charge in [0.2, 0.25) is 0 Å². The zero-order valence-corrected chi connectivity index (χ0v) is 15.3. The lowest BCUT2D eigenvalue weighted by molar-refractivity contribution is 0.212. The number of methoxy groups -OCH3 is 1. The van der Waals surface area contributed by atoms with Gasteiger partial charge in [-0.15, -0.1) is 0 Å². The third-order valence-corrected chi connectivity index (χ3v) is 5.14. The molecule has 0 N–H and O–H groups in total. The Hall–Kier alpha value is -3.23. The van der Waals surface area contributed by atoms with Gasteiger partial charge in [0.1, 0.15) is 18.1 Å². The fourth-order valence-electron chi connectivity index (χ4n) is 3.83. The summed E-state index contributed by atoms with van der Waals surface area (Å²) in [7, 11) is 1.68. The standard InChI is InChI=1S/C18H19N7O2/c1-4-13-17-12-7-11(26-3)5-6-14(12)24-9-19-16(18-20-10(2)22-27-18)15(24)8-25(17)23-21-13/h5-7,9,13,17H,4,8H2,1-3H3. The van der Waals surface area contributed by atoms with Crippen LogP contribution in [0.25, 0.3) is 17.3 Å². The van der Waals surface area contributed by atoms with Crippen LogP contribution in [0.4, 0.5) is 0 Å². The van der Waals surface area contributed by atoms with Gasteiger partial charge in [0.25, 0.3) is 5.89 Å². The highest BCUT2D eigenvalue weighted by Gasteiger charge is 2.39. The molecule has 9 heteroatoms. The van der Waals surface area contributed by atoms with Gasteiger partial charge in [0.15, 0.2) is 11.5 Å². The van der Waals surface area contributed by atoms with E-state index in [2.05, 4.69) is 49.1 Å². The van der Waals surface area contributed by atoms with Crippen molar-refractivity contribution in [1.82, 2.24) is 24.7 Å². The Labute approximate surface area is 155 Å². The predicted molar refractivity (Wildman–Crippen MR) is 95.4 cm³/mol. The van der Waals surface area contributed by atoms with Crippen LogP contribution in [-0.4, -0.2) is 37.9 Å². The fourth-order valence-corrected chi connectivity index (χ4v) is 3.83.